The van der Waals surface area contributed by atoms with Crippen LogP contribution in [0.1, 0.15) is 21.6 Å². The van der Waals surface area contributed by atoms with Gasteiger partial charge in [0.2, 0.25) is 5.75 Å². The monoisotopic (exact) mass is 496 g/mol. The first-order valence-corrected chi connectivity index (χ1v) is 10.1. The fourth-order valence-corrected chi connectivity index (χ4v) is 3.18. The SMILES string of the molecule is COc1cc(OC(=O)c2ccc(C(F)(F)F)nc2Nc2cc(Cl)ccc2C)cc(OC)c1OC. The number of hydrogen-bond donors (Lipinski definition) is 1. The number of pyridine rings is 1. The topological polar surface area (TPSA) is 78.9 Å². The van der Waals surface area contributed by atoms with E-state index in [9.17, 15) is 18.0 Å². The summed E-state index contributed by atoms with van der Waals surface area (Å²) in [6.07, 6.45) is -4.72. The van der Waals surface area contributed by atoms with Gasteiger partial charge in [-0.1, -0.05) is 17.7 Å². The van der Waals surface area contributed by atoms with Gasteiger partial charge in [-0.15, -0.1) is 0 Å². The molecule has 1 aromatic heterocycles. The van der Waals surface area contributed by atoms with Crippen molar-refractivity contribution in [1.82, 2.24) is 4.98 Å². The van der Waals surface area contributed by atoms with Crippen LogP contribution in [0.2, 0.25) is 5.02 Å². The molecule has 0 unspecified atom stereocenters. The molecular formula is C23H20ClF3N2O5. The van der Waals surface area contributed by atoms with Gasteiger partial charge in [-0.2, -0.15) is 13.2 Å². The summed E-state index contributed by atoms with van der Waals surface area (Å²) in [4.78, 5) is 16.6. The zero-order valence-electron chi connectivity index (χ0n) is 18.5. The normalized spacial score (nSPS) is 11.1. The first kappa shape index (κ1) is 25.0. The average Bonchev–Trinajstić information content (AvgIpc) is 2.80. The first-order valence-electron chi connectivity index (χ1n) is 9.71. The summed E-state index contributed by atoms with van der Waals surface area (Å²) < 4.78 is 61.0. The van der Waals surface area contributed by atoms with Gasteiger partial charge in [0.25, 0.3) is 0 Å². The molecule has 0 bridgehead atoms. The molecule has 0 aliphatic heterocycles. The second-order valence-electron chi connectivity index (χ2n) is 6.93. The number of halogens is 4. The van der Waals surface area contributed by atoms with E-state index in [0.29, 0.717) is 22.3 Å². The van der Waals surface area contributed by atoms with E-state index in [1.807, 2.05) is 0 Å². The van der Waals surface area contributed by atoms with Gasteiger partial charge in [-0.3, -0.25) is 0 Å². The van der Waals surface area contributed by atoms with Gasteiger partial charge in [0.05, 0.1) is 21.3 Å². The minimum atomic E-state index is -4.72. The molecule has 3 aromatic rings. The minimum Gasteiger partial charge on any atom is -0.493 e. The van der Waals surface area contributed by atoms with E-state index < -0.39 is 17.8 Å². The molecule has 7 nitrogen and oxygen atoms in total. The number of alkyl halides is 3. The van der Waals surface area contributed by atoms with E-state index in [-0.39, 0.29) is 34.4 Å². The number of benzene rings is 2. The summed E-state index contributed by atoms with van der Waals surface area (Å²) in [5.74, 6) is -0.564. The molecule has 1 heterocycles. The molecule has 180 valence electrons. The lowest BCUT2D eigenvalue weighted by atomic mass is 10.1. The van der Waals surface area contributed by atoms with Crippen molar-refractivity contribution in [3.63, 3.8) is 0 Å². The molecule has 0 spiro atoms. The number of carbonyl (C=O) groups is 1. The van der Waals surface area contributed by atoms with Crippen molar-refractivity contribution in [2.75, 3.05) is 26.6 Å². The predicted octanol–water partition coefficient (Wildman–Crippen LogP) is 6.05. The number of carbonyl (C=O) groups excluding carboxylic acids is 1. The molecule has 0 atom stereocenters. The van der Waals surface area contributed by atoms with E-state index in [4.69, 9.17) is 30.5 Å². The maximum absolute atomic E-state index is 13.3. The van der Waals surface area contributed by atoms with Crippen LogP contribution in [0.15, 0.2) is 42.5 Å². The molecule has 0 saturated heterocycles. The molecule has 0 fully saturated rings. The first-order chi connectivity index (χ1) is 16.1. The summed E-state index contributed by atoms with van der Waals surface area (Å²) in [6, 6.07) is 9.25. The van der Waals surface area contributed by atoms with Gasteiger partial charge >= 0.3 is 12.1 Å². The van der Waals surface area contributed by atoms with E-state index in [1.54, 1.807) is 19.1 Å². The Morgan fingerprint density at radius 1 is 0.971 bits per heavy atom. The number of hydrogen-bond acceptors (Lipinski definition) is 7. The number of nitrogens with one attached hydrogen (secondary N) is 1. The van der Waals surface area contributed by atoms with Crippen molar-refractivity contribution in [3.8, 4) is 23.0 Å². The summed E-state index contributed by atoms with van der Waals surface area (Å²) in [5.41, 5.74) is -0.367. The molecule has 0 aliphatic carbocycles. The molecule has 1 N–H and O–H groups in total. The lowest BCUT2D eigenvalue weighted by Gasteiger charge is -2.16. The zero-order valence-corrected chi connectivity index (χ0v) is 19.3. The quantitative estimate of drug-likeness (QED) is 0.315. The van der Waals surface area contributed by atoms with E-state index in [1.165, 1.54) is 39.5 Å². The van der Waals surface area contributed by atoms with E-state index in [2.05, 4.69) is 10.3 Å². The molecule has 0 amide bonds. The Morgan fingerprint density at radius 2 is 1.62 bits per heavy atom. The van der Waals surface area contributed by atoms with Crippen molar-refractivity contribution in [2.45, 2.75) is 13.1 Å². The van der Waals surface area contributed by atoms with E-state index >= 15 is 0 Å². The second-order valence-corrected chi connectivity index (χ2v) is 7.36. The van der Waals surface area contributed by atoms with Crippen LogP contribution in [0.4, 0.5) is 24.7 Å². The maximum atomic E-state index is 13.3. The van der Waals surface area contributed by atoms with Crippen molar-refractivity contribution in [3.05, 3.63) is 64.3 Å². The number of ether oxygens (including phenoxy) is 4. The molecule has 0 aliphatic rings. The number of rotatable bonds is 7. The maximum Gasteiger partial charge on any atom is 0.433 e. The number of methoxy groups -OCH3 is 3. The van der Waals surface area contributed by atoms with Crippen LogP contribution < -0.4 is 24.3 Å². The van der Waals surface area contributed by atoms with Crippen LogP contribution in [0.5, 0.6) is 23.0 Å². The molecule has 34 heavy (non-hydrogen) atoms. The van der Waals surface area contributed by atoms with Crippen molar-refractivity contribution < 1.29 is 36.9 Å². The fraction of sp³-hybridized carbons (Fsp3) is 0.217. The molecule has 0 radical (unpaired) electrons. The van der Waals surface area contributed by atoms with Crippen LogP contribution in [0.3, 0.4) is 0 Å². The summed E-state index contributed by atoms with van der Waals surface area (Å²) in [6.45, 7) is 1.72. The third-order valence-electron chi connectivity index (χ3n) is 4.71. The lowest BCUT2D eigenvalue weighted by Crippen LogP contribution is -2.16. The molecular weight excluding hydrogens is 477 g/mol. The Labute approximate surface area is 198 Å². The fourth-order valence-electron chi connectivity index (χ4n) is 3.01. The summed E-state index contributed by atoms with van der Waals surface area (Å²) in [7, 11) is 4.19. The second kappa shape index (κ2) is 10.1. The molecule has 3 rings (SSSR count). The predicted molar refractivity (Wildman–Crippen MR) is 120 cm³/mol. The highest BCUT2D eigenvalue weighted by Crippen LogP contribution is 2.41. The Balaban J connectivity index is 2.03. The van der Waals surface area contributed by atoms with Crippen LogP contribution in [0.25, 0.3) is 0 Å². The number of nitrogens with zero attached hydrogens (tertiary/aromatic N) is 1. The van der Waals surface area contributed by atoms with Gasteiger partial charge in [0.15, 0.2) is 11.5 Å². The summed E-state index contributed by atoms with van der Waals surface area (Å²) in [5, 5.41) is 3.11. The van der Waals surface area contributed by atoms with Gasteiger partial charge in [0.1, 0.15) is 22.8 Å². The highest BCUT2D eigenvalue weighted by Gasteiger charge is 2.34. The Kier molecular flexibility index (Phi) is 7.41. The lowest BCUT2D eigenvalue weighted by molar-refractivity contribution is -0.141. The van der Waals surface area contributed by atoms with Crippen molar-refractivity contribution >= 4 is 29.1 Å². The van der Waals surface area contributed by atoms with E-state index in [0.717, 1.165) is 6.07 Å². The van der Waals surface area contributed by atoms with Gasteiger partial charge in [-0.05, 0) is 36.8 Å². The number of aryl methyl sites for hydroxylation is 1. The van der Waals surface area contributed by atoms with Crippen LogP contribution in [-0.4, -0.2) is 32.3 Å². The number of aromatic nitrogens is 1. The molecule has 0 saturated carbocycles. The third-order valence-corrected chi connectivity index (χ3v) is 4.94. The smallest absolute Gasteiger partial charge is 0.433 e. The van der Waals surface area contributed by atoms with Gasteiger partial charge < -0.3 is 24.3 Å². The minimum absolute atomic E-state index is 0.0179. The standard InChI is InChI=1S/C23H20ClF3N2O5/c1-12-5-6-13(24)9-16(12)28-21-15(7-8-19(29-21)23(25,26)27)22(30)34-14-10-17(31-2)20(33-4)18(11-14)32-3/h5-11H,1-4H3,(H,28,29). The van der Waals surface area contributed by atoms with Gasteiger partial charge in [0, 0.05) is 22.8 Å². The third kappa shape index (κ3) is 5.45. The van der Waals surface area contributed by atoms with Crippen molar-refractivity contribution in [1.29, 1.82) is 0 Å². The summed E-state index contributed by atoms with van der Waals surface area (Å²) >= 11 is 6.01. The molecule has 2 aromatic carbocycles. The van der Waals surface area contributed by atoms with Crippen molar-refractivity contribution in [2.24, 2.45) is 0 Å². The van der Waals surface area contributed by atoms with Crippen LogP contribution >= 0.6 is 11.6 Å². The van der Waals surface area contributed by atoms with Crippen LogP contribution in [0, 0.1) is 6.92 Å². The molecule has 11 heteroatoms. The van der Waals surface area contributed by atoms with Gasteiger partial charge in [-0.25, -0.2) is 9.78 Å². The Bertz CT molecular complexity index is 1190. The largest absolute Gasteiger partial charge is 0.493 e. The van der Waals surface area contributed by atoms with Crippen LogP contribution in [-0.2, 0) is 6.18 Å². The highest BCUT2D eigenvalue weighted by atomic mass is 35.5. The Morgan fingerprint density at radius 3 is 2.18 bits per heavy atom. The Hall–Kier alpha value is -3.66. The average molecular weight is 497 g/mol. The highest BCUT2D eigenvalue weighted by molar-refractivity contribution is 6.30. The number of anilines is 2. The zero-order chi connectivity index (χ0) is 25.0. The number of esters is 1.